The Hall–Kier alpha value is -1.73. The number of anilines is 1. The Labute approximate surface area is 168 Å². The van der Waals surface area contributed by atoms with Crippen molar-refractivity contribution in [1.82, 2.24) is 14.9 Å². The number of fused-ring (bicyclic) bond motifs is 1. The summed E-state index contributed by atoms with van der Waals surface area (Å²) in [7, 11) is 0. The third-order valence-electron chi connectivity index (χ3n) is 5.08. The molecule has 142 valence electrons. The first-order valence-corrected chi connectivity index (χ1v) is 10.4. The van der Waals surface area contributed by atoms with Gasteiger partial charge in [-0.3, -0.25) is 4.90 Å². The lowest BCUT2D eigenvalue weighted by Gasteiger charge is -2.41. The molecule has 0 amide bonds. The molecule has 0 aliphatic carbocycles. The van der Waals surface area contributed by atoms with E-state index in [-0.39, 0.29) is 5.54 Å². The van der Waals surface area contributed by atoms with Crippen LogP contribution in [0.3, 0.4) is 0 Å². The van der Waals surface area contributed by atoms with E-state index in [1.165, 1.54) is 0 Å². The van der Waals surface area contributed by atoms with Crippen LogP contribution in [0.1, 0.15) is 13.8 Å². The summed E-state index contributed by atoms with van der Waals surface area (Å²) in [6.07, 6.45) is 1.63. The second-order valence-corrected chi connectivity index (χ2v) is 8.62. The summed E-state index contributed by atoms with van der Waals surface area (Å²) in [5.41, 5.74) is 2.27. The molecule has 2 aromatic heterocycles. The molecule has 0 saturated carbocycles. The van der Waals surface area contributed by atoms with E-state index < -0.39 is 0 Å². The van der Waals surface area contributed by atoms with Gasteiger partial charge < -0.3 is 10.1 Å². The fourth-order valence-corrected chi connectivity index (χ4v) is 4.47. The minimum absolute atomic E-state index is 0.0114. The Morgan fingerprint density at radius 2 is 1.93 bits per heavy atom. The molecular formula is C20H23ClN4OS. The lowest BCUT2D eigenvalue weighted by molar-refractivity contribution is -0.00569. The molecule has 0 bridgehead atoms. The molecule has 5 nitrogen and oxygen atoms in total. The van der Waals surface area contributed by atoms with Crippen molar-refractivity contribution in [3.05, 3.63) is 41.0 Å². The summed E-state index contributed by atoms with van der Waals surface area (Å²) in [4.78, 5) is 12.5. The van der Waals surface area contributed by atoms with Crippen molar-refractivity contribution < 1.29 is 4.74 Å². The minimum atomic E-state index is 0.0114. The zero-order valence-electron chi connectivity index (χ0n) is 15.5. The van der Waals surface area contributed by atoms with Gasteiger partial charge in [0.2, 0.25) is 0 Å². The number of thiophene rings is 1. The fourth-order valence-electron chi connectivity index (χ4n) is 3.43. The highest BCUT2D eigenvalue weighted by Crippen LogP contribution is 2.37. The Morgan fingerprint density at radius 3 is 2.67 bits per heavy atom. The first kappa shape index (κ1) is 18.6. The van der Waals surface area contributed by atoms with Crippen LogP contribution in [0.4, 0.5) is 5.82 Å². The zero-order chi connectivity index (χ0) is 18.9. The molecule has 1 aliphatic heterocycles. The van der Waals surface area contributed by atoms with Crippen LogP contribution in [-0.4, -0.2) is 53.3 Å². The number of nitrogens with zero attached hydrogens (tertiary/aromatic N) is 3. The van der Waals surface area contributed by atoms with Gasteiger partial charge in [-0.1, -0.05) is 23.7 Å². The van der Waals surface area contributed by atoms with Crippen LogP contribution < -0.4 is 5.32 Å². The number of hydrogen-bond acceptors (Lipinski definition) is 6. The van der Waals surface area contributed by atoms with Gasteiger partial charge in [-0.15, -0.1) is 11.3 Å². The molecule has 1 aliphatic rings. The zero-order valence-corrected chi connectivity index (χ0v) is 17.1. The predicted molar refractivity (Wildman–Crippen MR) is 113 cm³/mol. The highest BCUT2D eigenvalue weighted by molar-refractivity contribution is 7.17. The first-order chi connectivity index (χ1) is 13.0. The summed E-state index contributed by atoms with van der Waals surface area (Å²) >= 11 is 7.69. The third-order valence-corrected chi connectivity index (χ3v) is 6.22. The van der Waals surface area contributed by atoms with Gasteiger partial charge in [0.05, 0.1) is 18.6 Å². The van der Waals surface area contributed by atoms with E-state index in [1.54, 1.807) is 17.7 Å². The monoisotopic (exact) mass is 402 g/mol. The molecule has 1 N–H and O–H groups in total. The van der Waals surface area contributed by atoms with Crippen molar-refractivity contribution >= 4 is 39.0 Å². The van der Waals surface area contributed by atoms with Crippen molar-refractivity contribution in [3.63, 3.8) is 0 Å². The standard InChI is InChI=1S/C20H23ClN4OS/c1-20(2,25-7-9-26-10-8-25)12-22-18-17-16(11-27-19(17)24-13-23-18)14-3-5-15(21)6-4-14/h3-6,11,13H,7-10,12H2,1-2H3,(H,22,23,24). The average molecular weight is 403 g/mol. The third kappa shape index (κ3) is 3.94. The summed E-state index contributed by atoms with van der Waals surface area (Å²) in [5, 5.41) is 7.53. The van der Waals surface area contributed by atoms with Crippen LogP contribution in [0.5, 0.6) is 0 Å². The molecule has 7 heteroatoms. The van der Waals surface area contributed by atoms with Crippen LogP contribution in [0, 0.1) is 0 Å². The highest BCUT2D eigenvalue weighted by Gasteiger charge is 2.28. The number of hydrogen-bond donors (Lipinski definition) is 1. The van der Waals surface area contributed by atoms with Crippen molar-refractivity contribution in [3.8, 4) is 11.1 Å². The van der Waals surface area contributed by atoms with E-state index in [0.29, 0.717) is 0 Å². The number of aromatic nitrogens is 2. The lowest BCUT2D eigenvalue weighted by Crippen LogP contribution is -2.53. The van der Waals surface area contributed by atoms with E-state index in [0.717, 1.165) is 65.0 Å². The maximum absolute atomic E-state index is 6.05. The fraction of sp³-hybridized carbons (Fsp3) is 0.400. The maximum Gasteiger partial charge on any atom is 0.138 e. The van der Waals surface area contributed by atoms with Crippen molar-refractivity contribution in [2.75, 3.05) is 38.2 Å². The van der Waals surface area contributed by atoms with Gasteiger partial charge in [-0.25, -0.2) is 9.97 Å². The second kappa shape index (κ2) is 7.72. The minimum Gasteiger partial charge on any atom is -0.379 e. The van der Waals surface area contributed by atoms with Crippen LogP contribution in [0.25, 0.3) is 21.3 Å². The van der Waals surface area contributed by atoms with Crippen molar-refractivity contribution in [2.24, 2.45) is 0 Å². The van der Waals surface area contributed by atoms with Crippen LogP contribution in [-0.2, 0) is 4.74 Å². The first-order valence-electron chi connectivity index (χ1n) is 9.09. The van der Waals surface area contributed by atoms with E-state index in [9.17, 15) is 0 Å². The van der Waals surface area contributed by atoms with Gasteiger partial charge in [0.1, 0.15) is 17.0 Å². The van der Waals surface area contributed by atoms with Crippen LogP contribution in [0.2, 0.25) is 5.02 Å². The number of benzene rings is 1. The predicted octanol–water partition coefficient (Wildman–Crippen LogP) is 4.53. The van der Waals surface area contributed by atoms with Gasteiger partial charge in [0.25, 0.3) is 0 Å². The molecule has 0 unspecified atom stereocenters. The van der Waals surface area contributed by atoms with Crippen molar-refractivity contribution in [2.45, 2.75) is 19.4 Å². The molecule has 1 fully saturated rings. The Bertz CT molecular complexity index is 919. The van der Waals surface area contributed by atoms with Crippen LogP contribution >= 0.6 is 22.9 Å². The molecule has 1 aromatic carbocycles. The Kier molecular flexibility index (Phi) is 5.32. The largest absolute Gasteiger partial charge is 0.379 e. The van der Waals surface area contributed by atoms with E-state index >= 15 is 0 Å². The smallest absolute Gasteiger partial charge is 0.138 e. The summed E-state index contributed by atoms with van der Waals surface area (Å²) < 4.78 is 5.49. The van der Waals surface area contributed by atoms with Gasteiger partial charge >= 0.3 is 0 Å². The molecule has 1 saturated heterocycles. The highest BCUT2D eigenvalue weighted by atomic mass is 35.5. The van der Waals surface area contributed by atoms with Crippen LogP contribution in [0.15, 0.2) is 36.0 Å². The second-order valence-electron chi connectivity index (χ2n) is 7.32. The number of ether oxygens (including phenoxy) is 1. The molecule has 0 atom stereocenters. The molecule has 0 radical (unpaired) electrons. The quantitative estimate of drug-likeness (QED) is 0.679. The molecule has 27 heavy (non-hydrogen) atoms. The number of rotatable bonds is 5. The summed E-state index contributed by atoms with van der Waals surface area (Å²) in [5.74, 6) is 0.882. The van der Waals surface area contributed by atoms with Gasteiger partial charge in [0, 0.05) is 41.1 Å². The number of morpholine rings is 1. The van der Waals surface area contributed by atoms with Gasteiger partial charge in [-0.05, 0) is 31.5 Å². The number of nitrogens with one attached hydrogen (secondary N) is 1. The number of halogens is 1. The summed E-state index contributed by atoms with van der Waals surface area (Å²) in [6, 6.07) is 7.91. The Morgan fingerprint density at radius 1 is 1.19 bits per heavy atom. The molecule has 0 spiro atoms. The molecule has 4 rings (SSSR count). The van der Waals surface area contributed by atoms with Gasteiger partial charge in [0.15, 0.2) is 0 Å². The molecule has 3 aromatic rings. The lowest BCUT2D eigenvalue weighted by atomic mass is 10.0. The SMILES string of the molecule is CC(C)(CNc1ncnc2scc(-c3ccc(Cl)cc3)c12)N1CCOCC1. The van der Waals surface area contributed by atoms with E-state index in [1.807, 2.05) is 24.3 Å². The maximum atomic E-state index is 6.05. The molecule has 3 heterocycles. The van der Waals surface area contributed by atoms with Crippen molar-refractivity contribution in [1.29, 1.82) is 0 Å². The van der Waals surface area contributed by atoms with Gasteiger partial charge in [-0.2, -0.15) is 0 Å². The average Bonchev–Trinajstić information content (AvgIpc) is 3.12. The Balaban J connectivity index is 1.62. The van der Waals surface area contributed by atoms with E-state index in [2.05, 4.69) is 39.4 Å². The summed E-state index contributed by atoms with van der Waals surface area (Å²) in [6.45, 7) is 8.84. The van der Waals surface area contributed by atoms with E-state index in [4.69, 9.17) is 16.3 Å². The normalized spacial score (nSPS) is 16.0. The molecular weight excluding hydrogens is 380 g/mol. The topological polar surface area (TPSA) is 50.3 Å².